The minimum Gasteiger partial charge on any atom is -0.350 e. The Morgan fingerprint density at radius 1 is 1.92 bits per heavy atom. The Morgan fingerprint density at radius 2 is 2.67 bits per heavy atom. The quantitative estimate of drug-likeness (QED) is 0.536. The summed E-state index contributed by atoms with van der Waals surface area (Å²) in [6.07, 6.45) is 3.19. The molecular weight excluding hydrogens is 176 g/mol. The van der Waals surface area contributed by atoms with Gasteiger partial charge in [0.05, 0.1) is 16.6 Å². The predicted octanol–water partition coefficient (Wildman–Crippen LogP) is 0.488. The molecule has 2 amide bonds. The van der Waals surface area contributed by atoms with Crippen LogP contribution in [0.2, 0.25) is 0 Å². The van der Waals surface area contributed by atoms with Crippen LogP contribution in [0.3, 0.4) is 0 Å². The summed E-state index contributed by atoms with van der Waals surface area (Å²) in [6.45, 7) is 0. The molecule has 5 nitrogen and oxygen atoms in total. The van der Waals surface area contributed by atoms with Gasteiger partial charge in [-0.3, -0.25) is 4.98 Å². The largest absolute Gasteiger partial charge is 0.350 e. The van der Waals surface area contributed by atoms with Crippen molar-refractivity contribution >= 4 is 23.6 Å². The van der Waals surface area contributed by atoms with Gasteiger partial charge in [-0.25, -0.2) is 9.80 Å². The van der Waals surface area contributed by atoms with Crippen LogP contribution in [-0.2, 0) is 0 Å². The zero-order valence-electron chi connectivity index (χ0n) is 6.47. The van der Waals surface area contributed by atoms with Gasteiger partial charge in [0.15, 0.2) is 0 Å². The van der Waals surface area contributed by atoms with Crippen molar-refractivity contribution < 1.29 is 4.79 Å². The number of hydrogen-bond acceptors (Lipinski definition) is 4. The van der Waals surface area contributed by atoms with Crippen molar-refractivity contribution in [2.24, 2.45) is 10.8 Å². The summed E-state index contributed by atoms with van der Waals surface area (Å²) in [6, 6.07) is -0.587. The number of amides is 2. The van der Waals surface area contributed by atoms with Gasteiger partial charge < -0.3 is 5.73 Å². The van der Waals surface area contributed by atoms with Crippen LogP contribution in [0.15, 0.2) is 16.8 Å². The first-order valence-corrected chi connectivity index (χ1v) is 4.04. The topological polar surface area (TPSA) is 71.6 Å². The van der Waals surface area contributed by atoms with Crippen molar-refractivity contribution in [1.29, 1.82) is 0 Å². The van der Waals surface area contributed by atoms with Crippen molar-refractivity contribution in [1.82, 2.24) is 9.99 Å². The molecule has 2 N–H and O–H groups in total. The molecule has 0 bridgehead atoms. The fraction of sp³-hybridized carbons (Fsp3) is 0.167. The summed E-state index contributed by atoms with van der Waals surface area (Å²) in [4.78, 5) is 15.2. The van der Waals surface area contributed by atoms with Gasteiger partial charge in [0.1, 0.15) is 0 Å². The molecule has 64 valence electrons. The number of thiazole rings is 1. The van der Waals surface area contributed by atoms with Crippen LogP contribution < -0.4 is 5.73 Å². The number of nitrogens with zero attached hydrogens (tertiary/aromatic N) is 3. The van der Waals surface area contributed by atoms with E-state index in [-0.39, 0.29) is 0 Å². The first kappa shape index (κ1) is 8.66. The Labute approximate surface area is 73.5 Å². The number of hydrazone groups is 1. The molecule has 1 aromatic heterocycles. The normalized spacial score (nSPS) is 10.4. The van der Waals surface area contributed by atoms with Gasteiger partial charge in [0.25, 0.3) is 0 Å². The molecular formula is C6H8N4OS. The van der Waals surface area contributed by atoms with E-state index in [1.54, 1.807) is 11.7 Å². The van der Waals surface area contributed by atoms with Gasteiger partial charge in [-0.15, -0.1) is 11.3 Å². The average molecular weight is 184 g/mol. The van der Waals surface area contributed by atoms with E-state index in [1.165, 1.54) is 24.6 Å². The molecule has 1 rings (SSSR count). The van der Waals surface area contributed by atoms with Crippen molar-refractivity contribution in [2.45, 2.75) is 0 Å². The zero-order chi connectivity index (χ0) is 8.97. The molecule has 0 atom stereocenters. The highest BCUT2D eigenvalue weighted by molar-refractivity contribution is 7.11. The second-order valence-corrected chi connectivity index (χ2v) is 2.93. The van der Waals surface area contributed by atoms with Gasteiger partial charge in [-0.1, -0.05) is 0 Å². The Bertz CT molecular complexity index is 282. The van der Waals surface area contributed by atoms with E-state index in [2.05, 4.69) is 10.1 Å². The second-order valence-electron chi connectivity index (χ2n) is 2.01. The molecule has 1 heterocycles. The molecule has 1 aromatic rings. The SMILES string of the molecule is CN(/N=C/c1cncs1)C(N)=O. The summed E-state index contributed by atoms with van der Waals surface area (Å²) in [5, 5.41) is 4.83. The lowest BCUT2D eigenvalue weighted by molar-refractivity contribution is 0.220. The van der Waals surface area contributed by atoms with Gasteiger partial charge in [-0.2, -0.15) is 5.10 Å². The Hall–Kier alpha value is -1.43. The predicted molar refractivity (Wildman–Crippen MR) is 47.1 cm³/mol. The van der Waals surface area contributed by atoms with Gasteiger partial charge in [0, 0.05) is 13.2 Å². The number of carbonyl (C=O) groups is 1. The van der Waals surface area contributed by atoms with Crippen LogP contribution in [0, 0.1) is 0 Å². The Morgan fingerprint density at radius 3 is 3.17 bits per heavy atom. The molecule has 0 aromatic carbocycles. The highest BCUT2D eigenvalue weighted by Crippen LogP contribution is 2.01. The summed E-state index contributed by atoms with van der Waals surface area (Å²) < 4.78 is 0. The van der Waals surface area contributed by atoms with E-state index in [9.17, 15) is 4.79 Å². The van der Waals surface area contributed by atoms with Crippen LogP contribution in [0.25, 0.3) is 0 Å². The molecule has 6 heteroatoms. The highest BCUT2D eigenvalue weighted by atomic mass is 32.1. The molecule has 0 saturated heterocycles. The van der Waals surface area contributed by atoms with Crippen LogP contribution in [0.4, 0.5) is 4.79 Å². The molecule has 0 aliphatic heterocycles. The summed E-state index contributed by atoms with van der Waals surface area (Å²) in [7, 11) is 1.49. The lowest BCUT2D eigenvalue weighted by Gasteiger charge is -2.04. The van der Waals surface area contributed by atoms with Crippen LogP contribution in [0.5, 0.6) is 0 Å². The van der Waals surface area contributed by atoms with E-state index in [1.807, 2.05) is 0 Å². The third-order valence-electron chi connectivity index (χ3n) is 1.13. The van der Waals surface area contributed by atoms with Crippen LogP contribution in [0.1, 0.15) is 4.88 Å². The minimum atomic E-state index is -0.587. The summed E-state index contributed by atoms with van der Waals surface area (Å²) in [5.74, 6) is 0. The van der Waals surface area contributed by atoms with E-state index in [0.29, 0.717) is 0 Å². The minimum absolute atomic E-state index is 0.587. The van der Waals surface area contributed by atoms with Crippen LogP contribution in [-0.4, -0.2) is 29.3 Å². The number of aromatic nitrogens is 1. The number of rotatable bonds is 2. The molecule has 12 heavy (non-hydrogen) atoms. The lowest BCUT2D eigenvalue weighted by atomic mass is 10.6. The first-order valence-electron chi connectivity index (χ1n) is 3.16. The first-order chi connectivity index (χ1) is 5.70. The number of carbonyl (C=O) groups excluding carboxylic acids is 1. The zero-order valence-corrected chi connectivity index (χ0v) is 7.28. The average Bonchev–Trinajstić information content (AvgIpc) is 2.51. The molecule has 0 spiro atoms. The Balaban J connectivity index is 2.56. The molecule has 0 saturated carbocycles. The highest BCUT2D eigenvalue weighted by Gasteiger charge is 1.97. The standard InChI is InChI=1S/C6H8N4OS/c1-10(6(7)11)9-3-5-2-8-4-12-5/h2-4H,1H3,(H2,7,11)/b9-3+. The number of nitrogens with two attached hydrogens (primary N) is 1. The van der Waals surface area contributed by atoms with Crippen molar-refractivity contribution in [3.8, 4) is 0 Å². The third kappa shape index (κ3) is 2.31. The van der Waals surface area contributed by atoms with E-state index in [4.69, 9.17) is 5.73 Å². The van der Waals surface area contributed by atoms with E-state index < -0.39 is 6.03 Å². The lowest BCUT2D eigenvalue weighted by Crippen LogP contribution is -2.27. The molecule has 0 radical (unpaired) electrons. The van der Waals surface area contributed by atoms with Gasteiger partial charge in [-0.05, 0) is 0 Å². The maximum atomic E-state index is 10.5. The maximum Gasteiger partial charge on any atom is 0.334 e. The van der Waals surface area contributed by atoms with Gasteiger partial charge >= 0.3 is 6.03 Å². The van der Waals surface area contributed by atoms with Gasteiger partial charge in [0.2, 0.25) is 0 Å². The number of primary amides is 1. The van der Waals surface area contributed by atoms with Crippen molar-refractivity contribution in [3.05, 3.63) is 16.6 Å². The Kier molecular flexibility index (Phi) is 2.76. The number of hydrogen-bond donors (Lipinski definition) is 1. The molecule has 0 fully saturated rings. The second kappa shape index (κ2) is 3.82. The maximum absolute atomic E-state index is 10.5. The summed E-state index contributed by atoms with van der Waals surface area (Å²) in [5.41, 5.74) is 6.62. The van der Waals surface area contributed by atoms with E-state index in [0.717, 1.165) is 9.89 Å². The molecule has 0 aliphatic rings. The fourth-order valence-corrected chi connectivity index (χ4v) is 0.963. The summed E-state index contributed by atoms with van der Waals surface area (Å²) >= 11 is 1.44. The number of urea groups is 1. The van der Waals surface area contributed by atoms with Crippen molar-refractivity contribution in [3.63, 3.8) is 0 Å². The van der Waals surface area contributed by atoms with Crippen LogP contribution >= 0.6 is 11.3 Å². The smallest absolute Gasteiger partial charge is 0.334 e. The molecule has 0 aliphatic carbocycles. The fourth-order valence-electron chi connectivity index (χ4n) is 0.490. The molecule has 0 unspecified atom stereocenters. The monoisotopic (exact) mass is 184 g/mol. The third-order valence-corrected chi connectivity index (χ3v) is 1.84. The van der Waals surface area contributed by atoms with Crippen molar-refractivity contribution in [2.75, 3.05) is 7.05 Å². The van der Waals surface area contributed by atoms with E-state index >= 15 is 0 Å².